The van der Waals surface area contributed by atoms with Gasteiger partial charge in [0.05, 0.1) is 19.3 Å². The van der Waals surface area contributed by atoms with Gasteiger partial charge < -0.3 is 14.3 Å². The maximum absolute atomic E-state index is 11.2. The zero-order chi connectivity index (χ0) is 24.2. The topological polar surface area (TPSA) is 55.8 Å². The Labute approximate surface area is 198 Å². The highest BCUT2D eigenvalue weighted by Gasteiger charge is 2.38. The molecule has 0 saturated heterocycles. The van der Waals surface area contributed by atoms with Gasteiger partial charge in [0.15, 0.2) is 8.32 Å². The Hall–Kier alpha value is -1.17. The van der Waals surface area contributed by atoms with Crippen molar-refractivity contribution < 1.29 is 19.1 Å². The molecule has 0 spiro atoms. The molecular weight excluding hydrogens is 416 g/mol. The standard InChI is InChI=1S/C27H48O4Si/c1-8-9-12-16-23(31-32(6,7)27(2,3)4)19-20-24-22(18-21-25(24)28)15-13-10-11-14-17-26(29)30-5/h10,13,18-25,28H,8-9,11-12,14-17H2,1-7H3/b13-10-,20-19+/t22-,23?,24-,25-/m0/s1. The molecule has 32 heavy (non-hydrogen) atoms. The van der Waals surface area contributed by atoms with Crippen LogP contribution in [0.1, 0.15) is 79.1 Å². The molecule has 0 amide bonds. The molecule has 0 bridgehead atoms. The number of aliphatic hydroxyl groups is 1. The average molecular weight is 465 g/mol. The normalized spacial score (nSPS) is 22.8. The minimum absolute atomic E-state index is 0.0893. The van der Waals surface area contributed by atoms with Crippen LogP contribution in [-0.4, -0.2) is 38.7 Å². The number of ether oxygens (including phenoxy) is 1. The third-order valence-corrected chi connectivity index (χ3v) is 11.4. The number of unbranched alkanes of at least 4 members (excludes halogenated alkanes) is 3. The minimum atomic E-state index is -1.86. The number of allylic oxidation sites excluding steroid dienone is 3. The number of methoxy groups -OCH3 is 1. The van der Waals surface area contributed by atoms with Crippen molar-refractivity contribution in [2.75, 3.05) is 7.11 Å². The van der Waals surface area contributed by atoms with Gasteiger partial charge in [-0.2, -0.15) is 0 Å². The maximum atomic E-state index is 11.2. The van der Waals surface area contributed by atoms with Crippen LogP contribution in [0.4, 0.5) is 0 Å². The van der Waals surface area contributed by atoms with Crippen LogP contribution < -0.4 is 0 Å². The zero-order valence-corrected chi connectivity index (χ0v) is 22.6. The first-order chi connectivity index (χ1) is 15.0. The van der Waals surface area contributed by atoms with Crippen molar-refractivity contribution in [1.29, 1.82) is 0 Å². The fraction of sp³-hybridized carbons (Fsp3) is 0.741. The van der Waals surface area contributed by atoms with Crippen molar-refractivity contribution in [3.05, 3.63) is 36.5 Å². The molecule has 0 aromatic heterocycles. The second-order valence-electron chi connectivity index (χ2n) is 10.6. The first kappa shape index (κ1) is 28.9. The third kappa shape index (κ3) is 10.2. The Morgan fingerprint density at radius 2 is 1.88 bits per heavy atom. The maximum Gasteiger partial charge on any atom is 0.305 e. The summed E-state index contributed by atoms with van der Waals surface area (Å²) in [5.74, 6) is 0.229. The molecular formula is C27H48O4Si. The molecule has 0 aliphatic heterocycles. The lowest BCUT2D eigenvalue weighted by atomic mass is 9.90. The predicted octanol–water partition coefficient (Wildman–Crippen LogP) is 6.97. The lowest BCUT2D eigenvalue weighted by Gasteiger charge is -2.39. The van der Waals surface area contributed by atoms with Gasteiger partial charge in [0.2, 0.25) is 0 Å². The summed E-state index contributed by atoms with van der Waals surface area (Å²) in [6.07, 6.45) is 20.1. The molecule has 0 fully saturated rings. The first-order valence-corrected chi connectivity index (χ1v) is 15.4. The van der Waals surface area contributed by atoms with Crippen LogP contribution in [0.15, 0.2) is 36.5 Å². The molecule has 1 aliphatic carbocycles. The zero-order valence-electron chi connectivity index (χ0n) is 21.6. The van der Waals surface area contributed by atoms with Crippen molar-refractivity contribution >= 4 is 14.3 Å². The first-order valence-electron chi connectivity index (χ1n) is 12.5. The van der Waals surface area contributed by atoms with Crippen LogP contribution in [0.3, 0.4) is 0 Å². The van der Waals surface area contributed by atoms with E-state index in [1.165, 1.54) is 26.4 Å². The highest BCUT2D eigenvalue weighted by Crippen LogP contribution is 2.38. The Morgan fingerprint density at radius 3 is 2.50 bits per heavy atom. The van der Waals surface area contributed by atoms with E-state index in [9.17, 15) is 9.90 Å². The van der Waals surface area contributed by atoms with Crippen LogP contribution in [0.25, 0.3) is 0 Å². The summed E-state index contributed by atoms with van der Waals surface area (Å²) in [7, 11) is -0.431. The summed E-state index contributed by atoms with van der Waals surface area (Å²) in [6, 6.07) is 0. The van der Waals surface area contributed by atoms with Crippen molar-refractivity contribution in [3.63, 3.8) is 0 Å². The van der Waals surface area contributed by atoms with Gasteiger partial charge in [-0.05, 0) is 49.7 Å². The number of hydrogen-bond donors (Lipinski definition) is 1. The van der Waals surface area contributed by atoms with E-state index in [4.69, 9.17) is 4.43 Å². The number of rotatable bonds is 14. The minimum Gasteiger partial charge on any atom is -0.469 e. The molecule has 0 radical (unpaired) electrons. The Kier molecular flexibility index (Phi) is 12.8. The highest BCUT2D eigenvalue weighted by atomic mass is 28.4. The largest absolute Gasteiger partial charge is 0.469 e. The van der Waals surface area contributed by atoms with Gasteiger partial charge in [-0.3, -0.25) is 4.79 Å². The lowest BCUT2D eigenvalue weighted by Crippen LogP contribution is -2.43. The van der Waals surface area contributed by atoms with Crippen molar-refractivity contribution in [3.8, 4) is 0 Å². The Morgan fingerprint density at radius 1 is 1.16 bits per heavy atom. The molecule has 184 valence electrons. The molecule has 1 unspecified atom stereocenters. The van der Waals surface area contributed by atoms with E-state index in [2.05, 4.69) is 75.9 Å². The van der Waals surface area contributed by atoms with E-state index >= 15 is 0 Å². The van der Waals surface area contributed by atoms with E-state index in [-0.39, 0.29) is 23.0 Å². The summed E-state index contributed by atoms with van der Waals surface area (Å²) in [5.41, 5.74) is 0. The number of esters is 1. The molecule has 5 heteroatoms. The van der Waals surface area contributed by atoms with E-state index < -0.39 is 14.4 Å². The molecule has 1 N–H and O–H groups in total. The van der Waals surface area contributed by atoms with Crippen LogP contribution in [-0.2, 0) is 14.0 Å². The Bertz CT molecular complexity index is 630. The van der Waals surface area contributed by atoms with Gasteiger partial charge in [-0.15, -0.1) is 0 Å². The fourth-order valence-electron chi connectivity index (χ4n) is 3.69. The number of carbonyl (C=O) groups excluding carboxylic acids is 1. The monoisotopic (exact) mass is 464 g/mol. The van der Waals surface area contributed by atoms with Crippen molar-refractivity contribution in [1.82, 2.24) is 0 Å². The lowest BCUT2D eigenvalue weighted by molar-refractivity contribution is -0.140. The second kappa shape index (κ2) is 14.2. The molecule has 4 atom stereocenters. The highest BCUT2D eigenvalue weighted by molar-refractivity contribution is 6.74. The van der Waals surface area contributed by atoms with Crippen LogP contribution in [0.2, 0.25) is 18.1 Å². The van der Waals surface area contributed by atoms with Crippen LogP contribution in [0, 0.1) is 11.8 Å². The average Bonchev–Trinajstić information content (AvgIpc) is 3.06. The van der Waals surface area contributed by atoms with Gasteiger partial charge in [-0.1, -0.05) is 83.4 Å². The van der Waals surface area contributed by atoms with Gasteiger partial charge in [0, 0.05) is 12.3 Å². The summed E-state index contributed by atoms with van der Waals surface area (Å²) in [6.45, 7) is 13.7. The predicted molar refractivity (Wildman–Crippen MR) is 137 cm³/mol. The number of hydrogen-bond acceptors (Lipinski definition) is 4. The summed E-state index contributed by atoms with van der Waals surface area (Å²) in [5, 5.41) is 10.7. The van der Waals surface area contributed by atoms with E-state index in [1.807, 2.05) is 6.08 Å². The quantitative estimate of drug-likeness (QED) is 0.131. The van der Waals surface area contributed by atoms with Gasteiger partial charge in [0.1, 0.15) is 0 Å². The van der Waals surface area contributed by atoms with E-state index in [0.717, 1.165) is 25.7 Å². The molecule has 0 aromatic rings. The summed E-state index contributed by atoms with van der Waals surface area (Å²) in [4.78, 5) is 11.2. The molecule has 4 nitrogen and oxygen atoms in total. The van der Waals surface area contributed by atoms with E-state index in [0.29, 0.717) is 12.3 Å². The van der Waals surface area contributed by atoms with Crippen LogP contribution >= 0.6 is 0 Å². The van der Waals surface area contributed by atoms with Crippen LogP contribution in [0.5, 0.6) is 0 Å². The summed E-state index contributed by atoms with van der Waals surface area (Å²) >= 11 is 0. The summed E-state index contributed by atoms with van der Waals surface area (Å²) < 4.78 is 11.4. The van der Waals surface area contributed by atoms with Crippen molar-refractivity contribution in [2.45, 2.75) is 109 Å². The number of carbonyl (C=O) groups is 1. The van der Waals surface area contributed by atoms with E-state index in [1.54, 1.807) is 0 Å². The third-order valence-electron chi connectivity index (χ3n) is 6.89. The van der Waals surface area contributed by atoms with Crippen molar-refractivity contribution in [2.24, 2.45) is 11.8 Å². The molecule has 0 aromatic carbocycles. The number of aliphatic hydroxyl groups excluding tert-OH is 1. The second-order valence-corrected chi connectivity index (χ2v) is 15.3. The molecule has 0 saturated carbocycles. The molecule has 0 heterocycles. The molecule has 1 aliphatic rings. The fourth-order valence-corrected chi connectivity index (χ4v) is 5.00. The van der Waals surface area contributed by atoms with Gasteiger partial charge in [-0.25, -0.2) is 0 Å². The molecule has 1 rings (SSSR count). The SMILES string of the molecule is CCCCCC(/C=C/[C@H]1[C@@H](C/C=C\CCCC(=O)OC)C=C[C@@H]1O)O[Si](C)(C)C(C)(C)C. The Balaban J connectivity index is 2.71. The van der Waals surface area contributed by atoms with Gasteiger partial charge >= 0.3 is 5.97 Å². The van der Waals surface area contributed by atoms with Gasteiger partial charge in [0.25, 0.3) is 0 Å². The smallest absolute Gasteiger partial charge is 0.305 e.